The van der Waals surface area contributed by atoms with Crippen LogP contribution in [0.4, 0.5) is 5.69 Å². The Balaban J connectivity index is 2.16. The number of carboxylic acid groups (broad SMARTS) is 1. The number of carbonyl (C=O) groups is 3. The van der Waals surface area contributed by atoms with Crippen LogP contribution in [0.3, 0.4) is 0 Å². The van der Waals surface area contributed by atoms with Crippen LogP contribution in [0.2, 0.25) is 0 Å². The molecule has 1 fully saturated rings. The lowest BCUT2D eigenvalue weighted by atomic mass is 10.0. The van der Waals surface area contributed by atoms with Crippen molar-refractivity contribution in [1.82, 2.24) is 5.32 Å². The molecular formula is C14H16N2O4. The van der Waals surface area contributed by atoms with E-state index >= 15 is 0 Å². The lowest BCUT2D eigenvalue weighted by Gasteiger charge is -2.28. The third-order valence-corrected chi connectivity index (χ3v) is 3.18. The summed E-state index contributed by atoms with van der Waals surface area (Å²) in [4.78, 5) is 35.3. The Morgan fingerprint density at radius 1 is 1.30 bits per heavy atom. The van der Waals surface area contributed by atoms with Crippen molar-refractivity contribution in [2.75, 3.05) is 18.0 Å². The molecule has 1 aliphatic heterocycles. The van der Waals surface area contributed by atoms with Crippen molar-refractivity contribution in [3.8, 4) is 0 Å². The van der Waals surface area contributed by atoms with Gasteiger partial charge in [-0.3, -0.25) is 14.4 Å². The number of carbonyl (C=O) groups excluding carboxylic acids is 2. The topological polar surface area (TPSA) is 86.7 Å². The van der Waals surface area contributed by atoms with Gasteiger partial charge in [0.1, 0.15) is 0 Å². The van der Waals surface area contributed by atoms with E-state index in [0.29, 0.717) is 31.6 Å². The molecular weight excluding hydrogens is 260 g/mol. The summed E-state index contributed by atoms with van der Waals surface area (Å²) in [6.07, 6.45) is 1.15. The van der Waals surface area contributed by atoms with Crippen molar-refractivity contribution in [3.63, 3.8) is 0 Å². The Kier molecular flexibility index (Phi) is 4.34. The monoisotopic (exact) mass is 276 g/mol. The number of rotatable bonds is 5. The van der Waals surface area contributed by atoms with E-state index in [1.165, 1.54) is 4.90 Å². The molecule has 0 aliphatic carbocycles. The van der Waals surface area contributed by atoms with Crippen LogP contribution < -0.4 is 10.2 Å². The van der Waals surface area contributed by atoms with Crippen LogP contribution in [0.5, 0.6) is 0 Å². The van der Waals surface area contributed by atoms with Crippen LogP contribution >= 0.6 is 0 Å². The van der Waals surface area contributed by atoms with E-state index < -0.39 is 17.8 Å². The predicted molar refractivity (Wildman–Crippen MR) is 72.4 cm³/mol. The molecule has 106 valence electrons. The highest BCUT2D eigenvalue weighted by atomic mass is 16.4. The second-order valence-corrected chi connectivity index (χ2v) is 4.59. The summed E-state index contributed by atoms with van der Waals surface area (Å²) in [5.41, 5.74) is 1.58. The minimum Gasteiger partial charge on any atom is -0.481 e. The van der Waals surface area contributed by atoms with Crippen LogP contribution in [0, 0.1) is 0 Å². The summed E-state index contributed by atoms with van der Waals surface area (Å²) < 4.78 is 0. The highest BCUT2D eigenvalue weighted by Crippen LogP contribution is 2.23. The second-order valence-electron chi connectivity index (χ2n) is 4.59. The van der Waals surface area contributed by atoms with Crippen molar-refractivity contribution in [3.05, 3.63) is 29.8 Å². The first-order chi connectivity index (χ1) is 9.59. The Morgan fingerprint density at radius 2 is 2.05 bits per heavy atom. The quantitative estimate of drug-likeness (QED) is 0.769. The molecule has 0 unspecified atom stereocenters. The van der Waals surface area contributed by atoms with E-state index in [1.54, 1.807) is 12.1 Å². The predicted octanol–water partition coefficient (Wildman–Crippen LogP) is 0.557. The molecule has 0 aromatic heterocycles. The van der Waals surface area contributed by atoms with E-state index in [-0.39, 0.29) is 6.42 Å². The molecule has 1 heterocycles. The van der Waals surface area contributed by atoms with Gasteiger partial charge in [-0.1, -0.05) is 18.2 Å². The van der Waals surface area contributed by atoms with Crippen molar-refractivity contribution in [2.24, 2.45) is 0 Å². The van der Waals surface area contributed by atoms with Gasteiger partial charge < -0.3 is 15.3 Å². The molecule has 20 heavy (non-hydrogen) atoms. The summed E-state index contributed by atoms with van der Waals surface area (Å²) in [6.45, 7) is 0.856. The number of aliphatic carboxylic acids is 1. The average Bonchev–Trinajstić information content (AvgIpc) is 2.42. The van der Waals surface area contributed by atoms with E-state index in [2.05, 4.69) is 5.32 Å². The third kappa shape index (κ3) is 3.14. The van der Waals surface area contributed by atoms with Gasteiger partial charge >= 0.3 is 17.8 Å². The first-order valence-corrected chi connectivity index (χ1v) is 6.49. The molecule has 2 amide bonds. The van der Waals surface area contributed by atoms with Crippen molar-refractivity contribution in [1.29, 1.82) is 0 Å². The van der Waals surface area contributed by atoms with Crippen molar-refractivity contribution >= 4 is 23.5 Å². The lowest BCUT2D eigenvalue weighted by Crippen LogP contribution is -2.52. The van der Waals surface area contributed by atoms with Gasteiger partial charge in [-0.2, -0.15) is 0 Å². The number of para-hydroxylation sites is 1. The lowest BCUT2D eigenvalue weighted by molar-refractivity contribution is -0.138. The van der Waals surface area contributed by atoms with Gasteiger partial charge in [0.05, 0.1) is 0 Å². The number of anilines is 1. The fraction of sp³-hybridized carbons (Fsp3) is 0.357. The molecule has 0 saturated carbocycles. The maximum Gasteiger partial charge on any atom is 0.316 e. The molecule has 6 heteroatoms. The molecule has 0 atom stereocenters. The van der Waals surface area contributed by atoms with Crippen LogP contribution in [-0.2, 0) is 20.8 Å². The molecule has 2 rings (SSSR count). The summed E-state index contributed by atoms with van der Waals surface area (Å²) in [5, 5.41) is 11.2. The van der Waals surface area contributed by atoms with Gasteiger partial charge in [-0.15, -0.1) is 0 Å². The molecule has 0 spiro atoms. The molecule has 2 N–H and O–H groups in total. The summed E-state index contributed by atoms with van der Waals surface area (Å²) >= 11 is 0. The number of amides is 2. The Bertz CT molecular complexity index is 542. The van der Waals surface area contributed by atoms with Crippen LogP contribution in [0.15, 0.2) is 24.3 Å². The SMILES string of the molecule is O=C(O)CCCc1ccccc1N1CCNC(=O)C1=O. The van der Waals surface area contributed by atoms with Gasteiger partial charge in [0.2, 0.25) is 0 Å². The summed E-state index contributed by atoms with van der Waals surface area (Å²) in [6, 6.07) is 7.29. The van der Waals surface area contributed by atoms with Crippen LogP contribution in [-0.4, -0.2) is 36.0 Å². The molecule has 6 nitrogen and oxygen atoms in total. The number of hydrogen-bond acceptors (Lipinski definition) is 3. The number of carboxylic acids is 1. The maximum absolute atomic E-state index is 11.9. The number of nitrogens with one attached hydrogen (secondary N) is 1. The van der Waals surface area contributed by atoms with Gasteiger partial charge in [0.25, 0.3) is 0 Å². The number of hydrogen-bond donors (Lipinski definition) is 2. The Labute approximate surface area is 116 Å². The number of nitrogens with zero attached hydrogens (tertiary/aromatic N) is 1. The van der Waals surface area contributed by atoms with E-state index in [1.807, 2.05) is 12.1 Å². The fourth-order valence-corrected chi connectivity index (χ4v) is 2.23. The standard InChI is InChI=1S/C14H16N2O4/c17-12(18)7-3-5-10-4-1-2-6-11(10)16-9-8-15-13(19)14(16)20/h1-2,4,6H,3,5,7-9H2,(H,15,19)(H,17,18). The van der Waals surface area contributed by atoms with Gasteiger partial charge in [-0.05, 0) is 24.5 Å². The fourth-order valence-electron chi connectivity index (χ4n) is 2.23. The van der Waals surface area contributed by atoms with Crippen molar-refractivity contribution in [2.45, 2.75) is 19.3 Å². The number of aryl methyl sites for hydroxylation is 1. The Hall–Kier alpha value is -2.37. The minimum absolute atomic E-state index is 0.0861. The second kappa shape index (κ2) is 6.18. The summed E-state index contributed by atoms with van der Waals surface area (Å²) in [7, 11) is 0. The average molecular weight is 276 g/mol. The number of piperazine rings is 1. The van der Waals surface area contributed by atoms with Crippen LogP contribution in [0.25, 0.3) is 0 Å². The zero-order chi connectivity index (χ0) is 14.5. The van der Waals surface area contributed by atoms with Gasteiger partial charge in [0.15, 0.2) is 0 Å². The molecule has 1 aliphatic rings. The first kappa shape index (κ1) is 14.0. The molecule has 1 aromatic carbocycles. The minimum atomic E-state index is -0.837. The highest BCUT2D eigenvalue weighted by molar-refractivity contribution is 6.41. The molecule has 1 aromatic rings. The van der Waals surface area contributed by atoms with Gasteiger partial charge in [0, 0.05) is 25.2 Å². The molecule has 1 saturated heterocycles. The largest absolute Gasteiger partial charge is 0.481 e. The van der Waals surface area contributed by atoms with Crippen LogP contribution in [0.1, 0.15) is 18.4 Å². The normalized spacial score (nSPS) is 15.1. The highest BCUT2D eigenvalue weighted by Gasteiger charge is 2.28. The third-order valence-electron chi connectivity index (χ3n) is 3.18. The molecule has 0 radical (unpaired) electrons. The maximum atomic E-state index is 11.9. The summed E-state index contributed by atoms with van der Waals surface area (Å²) in [5.74, 6) is -2.01. The molecule has 0 bridgehead atoms. The van der Waals surface area contributed by atoms with E-state index in [9.17, 15) is 14.4 Å². The zero-order valence-electron chi connectivity index (χ0n) is 11.0. The van der Waals surface area contributed by atoms with E-state index in [4.69, 9.17) is 5.11 Å². The smallest absolute Gasteiger partial charge is 0.316 e. The van der Waals surface area contributed by atoms with E-state index in [0.717, 1.165) is 5.56 Å². The zero-order valence-corrected chi connectivity index (χ0v) is 11.0. The van der Waals surface area contributed by atoms with Gasteiger partial charge in [-0.25, -0.2) is 0 Å². The van der Waals surface area contributed by atoms with Crippen molar-refractivity contribution < 1.29 is 19.5 Å². The first-order valence-electron chi connectivity index (χ1n) is 6.49. The number of benzene rings is 1. The Morgan fingerprint density at radius 3 is 2.80 bits per heavy atom.